The van der Waals surface area contributed by atoms with Crippen molar-refractivity contribution in [3.05, 3.63) is 58.0 Å². The zero-order chi connectivity index (χ0) is 25.5. The van der Waals surface area contributed by atoms with Gasteiger partial charge in [0.05, 0.1) is 5.69 Å². The molecule has 0 saturated heterocycles. The van der Waals surface area contributed by atoms with E-state index in [1.165, 1.54) is 16.7 Å². The van der Waals surface area contributed by atoms with Gasteiger partial charge in [0.25, 0.3) is 5.56 Å². The van der Waals surface area contributed by atoms with E-state index in [0.717, 1.165) is 0 Å². The van der Waals surface area contributed by atoms with Crippen LogP contribution in [0.1, 0.15) is 32.1 Å². The molecule has 0 aliphatic heterocycles. The molecule has 4 rings (SSSR count). The van der Waals surface area contributed by atoms with Crippen molar-refractivity contribution in [3.8, 4) is 11.1 Å². The van der Waals surface area contributed by atoms with Gasteiger partial charge in [-0.25, -0.2) is 14.2 Å². The van der Waals surface area contributed by atoms with E-state index in [2.05, 4.69) is 31.1 Å². The highest BCUT2D eigenvalue weighted by molar-refractivity contribution is 5.99. The van der Waals surface area contributed by atoms with E-state index in [0.29, 0.717) is 39.4 Å². The number of rotatable bonds is 4. The predicted octanol–water partition coefficient (Wildman–Crippen LogP) is 4.41. The molecular weight excluding hydrogens is 453 g/mol. The molecule has 0 fully saturated rings. The highest BCUT2D eigenvalue weighted by Gasteiger charge is 2.21. The number of hydrogen-bond acceptors (Lipinski definition) is 7. The van der Waals surface area contributed by atoms with Gasteiger partial charge in [0.15, 0.2) is 5.82 Å². The van der Waals surface area contributed by atoms with Crippen LogP contribution in [0.25, 0.3) is 22.2 Å². The quantitative estimate of drug-likeness (QED) is 0.396. The summed E-state index contributed by atoms with van der Waals surface area (Å²) in [4.78, 5) is 34.2. The van der Waals surface area contributed by atoms with Crippen molar-refractivity contribution < 1.29 is 13.7 Å². The Kier molecular flexibility index (Phi) is 6.01. The lowest BCUT2D eigenvalue weighted by molar-refractivity contribution is 0.261. The van der Waals surface area contributed by atoms with Crippen molar-refractivity contribution in [2.24, 2.45) is 7.05 Å². The van der Waals surface area contributed by atoms with Gasteiger partial charge in [-0.1, -0.05) is 25.9 Å². The molecule has 2 amide bonds. The largest absolute Gasteiger partial charge is 0.359 e. The maximum Gasteiger partial charge on any atom is 0.325 e. The highest BCUT2D eigenvalue weighted by atomic mass is 19.1. The van der Waals surface area contributed by atoms with E-state index in [1.807, 2.05) is 20.8 Å². The van der Waals surface area contributed by atoms with Crippen LogP contribution in [0.5, 0.6) is 0 Å². The summed E-state index contributed by atoms with van der Waals surface area (Å²) >= 11 is 0. The van der Waals surface area contributed by atoms with Crippen molar-refractivity contribution in [1.29, 1.82) is 0 Å². The molecule has 0 aliphatic carbocycles. The third-order valence-corrected chi connectivity index (χ3v) is 5.52. The van der Waals surface area contributed by atoms with Gasteiger partial charge in [0.1, 0.15) is 17.2 Å². The number of hydrogen-bond donors (Lipinski definition) is 3. The van der Waals surface area contributed by atoms with Crippen LogP contribution in [0.15, 0.2) is 39.8 Å². The summed E-state index contributed by atoms with van der Waals surface area (Å²) in [7, 11) is 3.29. The average Bonchev–Trinajstić information content (AvgIpc) is 3.27. The monoisotopic (exact) mass is 479 g/mol. The molecule has 4 aromatic rings. The van der Waals surface area contributed by atoms with Crippen LogP contribution in [0.3, 0.4) is 0 Å². The van der Waals surface area contributed by atoms with Crippen LogP contribution in [0.2, 0.25) is 0 Å². The lowest BCUT2D eigenvalue weighted by Crippen LogP contribution is -2.22. The van der Waals surface area contributed by atoms with Crippen molar-refractivity contribution in [1.82, 2.24) is 19.7 Å². The molecule has 0 spiro atoms. The number of nitrogens with one attached hydrogen (secondary N) is 3. The zero-order valence-corrected chi connectivity index (χ0v) is 20.3. The molecule has 1 aromatic carbocycles. The molecule has 3 aromatic heterocycles. The topological polar surface area (TPSA) is 127 Å². The Hall–Kier alpha value is -4.28. The third kappa shape index (κ3) is 4.70. The summed E-state index contributed by atoms with van der Waals surface area (Å²) < 4.78 is 21.4. The number of anilines is 3. The molecule has 3 N–H and O–H groups in total. The van der Waals surface area contributed by atoms with E-state index in [-0.39, 0.29) is 22.5 Å². The Morgan fingerprint density at radius 1 is 1.11 bits per heavy atom. The summed E-state index contributed by atoms with van der Waals surface area (Å²) in [6, 6.07) is 5.26. The van der Waals surface area contributed by atoms with Gasteiger partial charge in [-0.15, -0.1) is 0 Å². The van der Waals surface area contributed by atoms with Crippen LogP contribution >= 0.6 is 0 Å². The predicted molar refractivity (Wildman–Crippen MR) is 132 cm³/mol. The molecule has 182 valence electrons. The lowest BCUT2D eigenvalue weighted by Gasteiger charge is -2.14. The summed E-state index contributed by atoms with van der Waals surface area (Å²) in [6.45, 7) is 7.53. The molecule has 35 heavy (non-hydrogen) atoms. The molecule has 0 bridgehead atoms. The van der Waals surface area contributed by atoms with Gasteiger partial charge in [0.2, 0.25) is 5.95 Å². The van der Waals surface area contributed by atoms with Gasteiger partial charge >= 0.3 is 6.03 Å². The minimum Gasteiger partial charge on any atom is -0.359 e. The maximum absolute atomic E-state index is 14.7. The molecule has 0 atom stereocenters. The Balaban J connectivity index is 1.67. The first-order valence-electron chi connectivity index (χ1n) is 10.9. The number of fused-ring (bicyclic) bond motifs is 1. The molecule has 10 nitrogen and oxygen atoms in total. The summed E-state index contributed by atoms with van der Waals surface area (Å²) in [6.07, 6.45) is 1.60. The van der Waals surface area contributed by atoms with Crippen LogP contribution in [-0.4, -0.2) is 32.8 Å². The molecule has 0 saturated carbocycles. The fourth-order valence-electron chi connectivity index (χ4n) is 3.58. The number of amides is 2. The van der Waals surface area contributed by atoms with Crippen LogP contribution in [0.4, 0.5) is 26.6 Å². The van der Waals surface area contributed by atoms with E-state index >= 15 is 0 Å². The van der Waals surface area contributed by atoms with Crippen LogP contribution in [0, 0.1) is 12.7 Å². The van der Waals surface area contributed by atoms with E-state index in [4.69, 9.17) is 4.52 Å². The fraction of sp³-hybridized carbons (Fsp3) is 0.292. The normalized spacial score (nSPS) is 11.5. The first-order chi connectivity index (χ1) is 16.5. The molecule has 0 radical (unpaired) electrons. The van der Waals surface area contributed by atoms with Crippen molar-refractivity contribution in [2.75, 3.05) is 23.0 Å². The first kappa shape index (κ1) is 23.9. The third-order valence-electron chi connectivity index (χ3n) is 5.52. The minimum absolute atomic E-state index is 0.0911. The SMILES string of the molecule is CNc1ncc2cc(-c3cc(NC(=O)Nc4cc(C(C)(C)C)on4)c(F)cc3C)c(=O)n(C)c2n1. The standard InChI is InChI=1S/C24H26FN7O3/c1-12-7-16(25)17(28-23(34)29-19-10-18(35-31-19)24(2,3)4)9-14(12)15-8-13-11-27-22(26-5)30-20(13)32(6)21(15)33/h7-11H,1-6H3,(H,26,27,30)(H2,28,29,31,34). The van der Waals surface area contributed by atoms with E-state index in [1.54, 1.807) is 39.3 Å². The van der Waals surface area contributed by atoms with Crippen molar-refractivity contribution in [3.63, 3.8) is 0 Å². The number of urea groups is 1. The number of pyridine rings is 1. The Morgan fingerprint density at radius 3 is 2.51 bits per heavy atom. The van der Waals surface area contributed by atoms with Gasteiger partial charge in [0, 0.05) is 42.7 Å². The van der Waals surface area contributed by atoms with Crippen molar-refractivity contribution >= 4 is 34.5 Å². The zero-order valence-electron chi connectivity index (χ0n) is 20.3. The van der Waals surface area contributed by atoms with Crippen LogP contribution in [-0.2, 0) is 12.5 Å². The second kappa shape index (κ2) is 8.82. The Labute approximate surface area is 200 Å². The molecule has 0 unspecified atom stereocenters. The Bertz CT molecular complexity index is 1500. The fourth-order valence-corrected chi connectivity index (χ4v) is 3.58. The maximum atomic E-state index is 14.7. The lowest BCUT2D eigenvalue weighted by atomic mass is 9.93. The number of carbonyl (C=O) groups excluding carboxylic acids is 1. The number of aromatic nitrogens is 4. The van der Waals surface area contributed by atoms with Crippen LogP contribution < -0.4 is 21.5 Å². The number of halogens is 1. The van der Waals surface area contributed by atoms with Gasteiger partial charge in [-0.05, 0) is 36.2 Å². The molecular formula is C24H26FN7O3. The van der Waals surface area contributed by atoms with Gasteiger partial charge in [-0.3, -0.25) is 14.7 Å². The smallest absolute Gasteiger partial charge is 0.325 e. The minimum atomic E-state index is -0.702. The molecule has 3 heterocycles. The van der Waals surface area contributed by atoms with E-state index in [9.17, 15) is 14.0 Å². The number of nitrogens with zero attached hydrogens (tertiary/aromatic N) is 4. The summed E-state index contributed by atoms with van der Waals surface area (Å²) in [5, 5.41) is 12.3. The summed E-state index contributed by atoms with van der Waals surface area (Å²) in [5.74, 6) is 0.535. The second-order valence-electron chi connectivity index (χ2n) is 9.20. The molecule has 0 aliphatic rings. The highest BCUT2D eigenvalue weighted by Crippen LogP contribution is 2.29. The molecule has 11 heteroatoms. The van der Waals surface area contributed by atoms with E-state index < -0.39 is 11.8 Å². The second-order valence-corrected chi connectivity index (χ2v) is 9.20. The van der Waals surface area contributed by atoms with Crippen molar-refractivity contribution in [2.45, 2.75) is 33.1 Å². The Morgan fingerprint density at radius 2 is 1.86 bits per heavy atom. The number of benzene rings is 1. The van der Waals surface area contributed by atoms with Gasteiger partial charge in [-0.2, -0.15) is 4.98 Å². The average molecular weight is 480 g/mol. The number of carbonyl (C=O) groups is 1. The summed E-state index contributed by atoms with van der Waals surface area (Å²) in [5.41, 5.74) is 1.09. The number of aryl methyl sites for hydroxylation is 2. The van der Waals surface area contributed by atoms with Gasteiger partial charge < -0.3 is 15.2 Å². The first-order valence-corrected chi connectivity index (χ1v) is 10.9.